The summed E-state index contributed by atoms with van der Waals surface area (Å²) >= 11 is 5.98. The third kappa shape index (κ3) is 2.10. The first-order valence-corrected chi connectivity index (χ1v) is 5.82. The molecule has 0 unspecified atom stereocenters. The molecule has 0 aromatic heterocycles. The number of aliphatic hydroxyl groups is 1. The molecule has 1 saturated heterocycles. The number of amides is 1. The van der Waals surface area contributed by atoms with Crippen LogP contribution in [0.15, 0.2) is 24.3 Å². The van der Waals surface area contributed by atoms with E-state index in [9.17, 15) is 4.79 Å². The van der Waals surface area contributed by atoms with Crippen LogP contribution in [0, 0.1) is 5.92 Å². The summed E-state index contributed by atoms with van der Waals surface area (Å²) in [6, 6.07) is 7.27. The van der Waals surface area contributed by atoms with Crippen LogP contribution in [0.25, 0.3) is 0 Å². The van der Waals surface area contributed by atoms with Crippen LogP contribution in [0.1, 0.15) is 0 Å². The molecule has 0 spiro atoms. The van der Waals surface area contributed by atoms with E-state index in [1.165, 1.54) is 0 Å². The number of ether oxygens (including phenoxy) is 1. The van der Waals surface area contributed by atoms with Crippen LogP contribution in [0.4, 0.5) is 5.69 Å². The van der Waals surface area contributed by atoms with E-state index < -0.39 is 5.38 Å². The van der Waals surface area contributed by atoms with Gasteiger partial charge in [-0.3, -0.25) is 4.79 Å². The van der Waals surface area contributed by atoms with Gasteiger partial charge in [-0.2, -0.15) is 0 Å². The number of rotatable bonds is 3. The van der Waals surface area contributed by atoms with Crippen LogP contribution in [0.2, 0.25) is 0 Å². The van der Waals surface area contributed by atoms with Gasteiger partial charge in [0, 0.05) is 19.1 Å². The number of carbonyl (C=O) groups is 1. The molecule has 5 heteroatoms. The number of halogens is 1. The molecule has 17 heavy (non-hydrogen) atoms. The lowest BCUT2D eigenvalue weighted by Gasteiger charge is -2.19. The number of nitrogens with zero attached hydrogens (tertiary/aromatic N) is 1. The zero-order chi connectivity index (χ0) is 12.4. The second-order valence-electron chi connectivity index (χ2n) is 3.97. The molecule has 1 aromatic rings. The average Bonchev–Trinajstić information content (AvgIpc) is 2.66. The fraction of sp³-hybridized carbons (Fsp3) is 0.417. The topological polar surface area (TPSA) is 49.8 Å². The third-order valence-corrected chi connectivity index (χ3v) is 3.49. The van der Waals surface area contributed by atoms with Crippen molar-refractivity contribution in [1.29, 1.82) is 0 Å². The van der Waals surface area contributed by atoms with Crippen molar-refractivity contribution < 1.29 is 14.6 Å². The molecular weight excluding hydrogens is 242 g/mol. The molecule has 0 aliphatic carbocycles. The summed E-state index contributed by atoms with van der Waals surface area (Å²) in [4.78, 5) is 13.5. The van der Waals surface area contributed by atoms with Gasteiger partial charge in [-0.05, 0) is 12.1 Å². The van der Waals surface area contributed by atoms with Gasteiger partial charge in [-0.15, -0.1) is 11.6 Å². The summed E-state index contributed by atoms with van der Waals surface area (Å²) in [5.74, 6) is 0.215. The Bertz CT molecular complexity index is 424. The fourth-order valence-electron chi connectivity index (χ4n) is 1.99. The van der Waals surface area contributed by atoms with Gasteiger partial charge in [0.2, 0.25) is 5.91 Å². The quantitative estimate of drug-likeness (QED) is 0.828. The van der Waals surface area contributed by atoms with E-state index >= 15 is 0 Å². The fourth-order valence-corrected chi connectivity index (χ4v) is 2.26. The van der Waals surface area contributed by atoms with E-state index in [1.807, 2.05) is 12.1 Å². The van der Waals surface area contributed by atoms with E-state index in [0.717, 1.165) is 0 Å². The number of benzene rings is 1. The number of methoxy groups -OCH3 is 1. The Labute approximate surface area is 105 Å². The molecule has 92 valence electrons. The van der Waals surface area contributed by atoms with E-state index in [4.69, 9.17) is 21.4 Å². The van der Waals surface area contributed by atoms with Gasteiger partial charge in [-0.1, -0.05) is 12.1 Å². The van der Waals surface area contributed by atoms with Crippen LogP contribution in [0.3, 0.4) is 0 Å². The van der Waals surface area contributed by atoms with E-state index in [0.29, 0.717) is 18.0 Å². The maximum absolute atomic E-state index is 12.0. The van der Waals surface area contributed by atoms with Gasteiger partial charge in [0.05, 0.1) is 12.8 Å². The Morgan fingerprint density at radius 2 is 2.24 bits per heavy atom. The molecule has 4 nitrogen and oxygen atoms in total. The van der Waals surface area contributed by atoms with Crippen LogP contribution in [0.5, 0.6) is 5.75 Å². The lowest BCUT2D eigenvalue weighted by Crippen LogP contribution is -2.27. The largest absolute Gasteiger partial charge is 0.495 e. The highest BCUT2D eigenvalue weighted by Gasteiger charge is 2.40. The lowest BCUT2D eigenvalue weighted by molar-refractivity contribution is -0.117. The molecule has 2 atom stereocenters. The molecule has 1 aromatic carbocycles. The maximum atomic E-state index is 12.0. The van der Waals surface area contributed by atoms with Crippen molar-refractivity contribution in [3.8, 4) is 5.75 Å². The average molecular weight is 256 g/mol. The Morgan fingerprint density at radius 3 is 2.82 bits per heavy atom. The van der Waals surface area contributed by atoms with Gasteiger partial charge < -0.3 is 14.7 Å². The number of anilines is 1. The molecule has 0 saturated carbocycles. The summed E-state index contributed by atoms with van der Waals surface area (Å²) < 4.78 is 5.21. The third-order valence-electron chi connectivity index (χ3n) is 2.94. The molecule has 1 heterocycles. The SMILES string of the molecule is COc1ccccc1N1C[C@H](CO)[C@H](Cl)C1=O. The van der Waals surface area contributed by atoms with Gasteiger partial charge in [-0.25, -0.2) is 0 Å². The zero-order valence-corrected chi connectivity index (χ0v) is 10.2. The summed E-state index contributed by atoms with van der Waals surface area (Å²) in [5, 5.41) is 8.49. The molecular formula is C12H14ClNO3. The number of carbonyl (C=O) groups excluding carboxylic acids is 1. The first-order valence-electron chi connectivity index (χ1n) is 5.38. The summed E-state index contributed by atoms with van der Waals surface area (Å²) in [7, 11) is 1.56. The van der Waals surface area contributed by atoms with Crippen LogP contribution >= 0.6 is 11.6 Å². The van der Waals surface area contributed by atoms with Gasteiger partial charge in [0.25, 0.3) is 0 Å². The summed E-state index contributed by atoms with van der Waals surface area (Å²) in [6.07, 6.45) is 0. The second kappa shape index (κ2) is 4.94. The number of aliphatic hydroxyl groups excluding tert-OH is 1. The summed E-state index contributed by atoms with van der Waals surface area (Å²) in [5.41, 5.74) is 0.696. The molecule has 0 bridgehead atoms. The highest BCUT2D eigenvalue weighted by atomic mass is 35.5. The van der Waals surface area contributed by atoms with Gasteiger partial charge in [0.15, 0.2) is 0 Å². The second-order valence-corrected chi connectivity index (χ2v) is 4.44. The molecule has 1 amide bonds. The van der Waals surface area contributed by atoms with Crippen molar-refractivity contribution >= 4 is 23.2 Å². The lowest BCUT2D eigenvalue weighted by atomic mass is 10.1. The standard InChI is InChI=1S/C12H14ClNO3/c1-17-10-5-3-2-4-9(10)14-6-8(7-15)11(13)12(14)16/h2-5,8,11,15H,6-7H2,1H3/t8-,11+/m1/s1. The van der Waals surface area contributed by atoms with Gasteiger partial charge in [0.1, 0.15) is 11.1 Å². The highest BCUT2D eigenvalue weighted by Crippen LogP contribution is 2.34. The van der Waals surface area contributed by atoms with Crippen molar-refractivity contribution in [3.63, 3.8) is 0 Å². The van der Waals surface area contributed by atoms with Crippen molar-refractivity contribution in [2.24, 2.45) is 5.92 Å². The minimum absolute atomic E-state index is 0.0917. The minimum atomic E-state index is -0.662. The maximum Gasteiger partial charge on any atom is 0.245 e. The van der Waals surface area contributed by atoms with Crippen LogP contribution in [-0.2, 0) is 4.79 Å². The summed E-state index contributed by atoms with van der Waals surface area (Å²) in [6.45, 7) is 0.329. The molecule has 1 aliphatic heterocycles. The zero-order valence-electron chi connectivity index (χ0n) is 9.47. The number of para-hydroxylation sites is 2. The van der Waals surface area contributed by atoms with E-state index in [-0.39, 0.29) is 18.4 Å². The number of hydrogen-bond acceptors (Lipinski definition) is 3. The molecule has 1 aliphatic rings. The first kappa shape index (κ1) is 12.2. The molecule has 1 N–H and O–H groups in total. The molecule has 0 radical (unpaired) electrons. The Kier molecular flexibility index (Phi) is 3.54. The van der Waals surface area contributed by atoms with Crippen molar-refractivity contribution in [2.45, 2.75) is 5.38 Å². The molecule has 1 fully saturated rings. The van der Waals surface area contributed by atoms with Crippen molar-refractivity contribution in [3.05, 3.63) is 24.3 Å². The Hall–Kier alpha value is -1.26. The van der Waals surface area contributed by atoms with Gasteiger partial charge >= 0.3 is 0 Å². The predicted octanol–water partition coefficient (Wildman–Crippen LogP) is 1.26. The number of hydrogen-bond donors (Lipinski definition) is 1. The van der Waals surface area contributed by atoms with E-state index in [2.05, 4.69) is 0 Å². The monoisotopic (exact) mass is 255 g/mol. The van der Waals surface area contributed by atoms with Crippen LogP contribution in [-0.4, -0.2) is 36.7 Å². The highest BCUT2D eigenvalue weighted by molar-refractivity contribution is 6.34. The first-order chi connectivity index (χ1) is 8.19. The molecule has 2 rings (SSSR count). The number of alkyl halides is 1. The van der Waals surface area contributed by atoms with Crippen LogP contribution < -0.4 is 9.64 Å². The minimum Gasteiger partial charge on any atom is -0.495 e. The Morgan fingerprint density at radius 1 is 1.53 bits per heavy atom. The van der Waals surface area contributed by atoms with Crippen molar-refractivity contribution in [1.82, 2.24) is 0 Å². The Balaban J connectivity index is 2.32. The van der Waals surface area contributed by atoms with E-state index in [1.54, 1.807) is 24.1 Å². The normalized spacial score (nSPS) is 24.2. The smallest absolute Gasteiger partial charge is 0.245 e. The predicted molar refractivity (Wildman–Crippen MR) is 65.6 cm³/mol. The van der Waals surface area contributed by atoms with Crippen molar-refractivity contribution in [2.75, 3.05) is 25.2 Å².